The molecule has 13 heteroatoms. The van der Waals surface area contributed by atoms with Gasteiger partial charge in [-0.3, -0.25) is 18.8 Å². The fourth-order valence-electron chi connectivity index (χ4n) is 4.89. The number of aryl methyl sites for hydroxylation is 2. The molecule has 212 valence electrons. The average Bonchev–Trinajstić information content (AvgIpc) is 3.27. The van der Waals surface area contributed by atoms with Crippen LogP contribution >= 0.6 is 11.6 Å². The van der Waals surface area contributed by atoms with Crippen LogP contribution in [0.2, 0.25) is 5.15 Å². The van der Waals surface area contributed by atoms with Crippen LogP contribution in [-0.4, -0.2) is 44.9 Å². The summed E-state index contributed by atoms with van der Waals surface area (Å²) in [5.41, 5.74) is 3.61. The first kappa shape index (κ1) is 28.2. The van der Waals surface area contributed by atoms with Gasteiger partial charge in [0.25, 0.3) is 11.5 Å². The van der Waals surface area contributed by atoms with Gasteiger partial charge in [-0.2, -0.15) is 5.10 Å². The molecule has 0 fully saturated rings. The minimum Gasteiger partial charge on any atom is -0.377 e. The zero-order valence-electron chi connectivity index (χ0n) is 23.1. The van der Waals surface area contributed by atoms with E-state index in [1.807, 2.05) is 69.1 Å². The van der Waals surface area contributed by atoms with Gasteiger partial charge in [-0.15, -0.1) is 0 Å². The zero-order chi connectivity index (χ0) is 29.6. The maximum absolute atomic E-state index is 13.8. The topological polar surface area (TPSA) is 141 Å². The van der Waals surface area contributed by atoms with E-state index in [2.05, 4.69) is 15.4 Å². The average molecular weight is 594 g/mol. The van der Waals surface area contributed by atoms with Gasteiger partial charge >= 0.3 is 0 Å². The van der Waals surface area contributed by atoms with E-state index in [1.165, 1.54) is 6.07 Å². The maximum atomic E-state index is 13.8. The Labute approximate surface area is 241 Å². The third kappa shape index (κ3) is 5.66. The number of hydrogen-bond acceptors (Lipinski definition) is 8. The normalized spacial score (nSPS) is 12.5. The SMILES string of the molecule is CCn1c(-c2ccc3nn(C)cc3c2)nc2c([C@@H](C)Nc3ccc(Cl)nc3C(=O)NS(C)(=O)=O)cc(C)cc2c1=O. The maximum Gasteiger partial charge on any atom is 0.285 e. The van der Waals surface area contributed by atoms with Gasteiger partial charge in [-0.25, -0.2) is 23.1 Å². The molecule has 0 saturated heterocycles. The Morgan fingerprint density at radius 3 is 2.59 bits per heavy atom. The molecule has 2 N–H and O–H groups in total. The molecular weight excluding hydrogens is 566 g/mol. The first-order valence-corrected chi connectivity index (χ1v) is 15.1. The van der Waals surface area contributed by atoms with E-state index < -0.39 is 22.0 Å². The molecule has 0 aliphatic carbocycles. The second kappa shape index (κ2) is 10.6. The number of benzene rings is 2. The summed E-state index contributed by atoms with van der Waals surface area (Å²) in [5.74, 6) is -0.398. The molecule has 3 heterocycles. The molecule has 0 aliphatic heterocycles. The van der Waals surface area contributed by atoms with Crippen molar-refractivity contribution >= 4 is 55.0 Å². The number of carbonyl (C=O) groups is 1. The molecule has 0 unspecified atom stereocenters. The van der Waals surface area contributed by atoms with Crippen molar-refractivity contribution in [1.29, 1.82) is 0 Å². The minimum atomic E-state index is -3.83. The lowest BCUT2D eigenvalue weighted by molar-refractivity contribution is 0.0977. The lowest BCUT2D eigenvalue weighted by Gasteiger charge is -2.21. The smallest absolute Gasteiger partial charge is 0.285 e. The molecule has 5 aromatic rings. The number of aromatic nitrogens is 5. The zero-order valence-corrected chi connectivity index (χ0v) is 24.6. The number of anilines is 1. The second-order valence-electron chi connectivity index (χ2n) is 9.91. The number of carbonyl (C=O) groups excluding carboxylic acids is 1. The van der Waals surface area contributed by atoms with Crippen molar-refractivity contribution in [3.05, 3.63) is 81.0 Å². The van der Waals surface area contributed by atoms with Crippen LogP contribution in [0.5, 0.6) is 0 Å². The number of halogens is 1. The highest BCUT2D eigenvalue weighted by atomic mass is 35.5. The van der Waals surface area contributed by atoms with Crippen LogP contribution in [-0.2, 0) is 23.6 Å². The molecule has 0 saturated carbocycles. The van der Waals surface area contributed by atoms with Crippen molar-refractivity contribution < 1.29 is 13.2 Å². The van der Waals surface area contributed by atoms with E-state index in [-0.39, 0.29) is 22.1 Å². The molecule has 0 aliphatic rings. The minimum absolute atomic E-state index is 0.0277. The van der Waals surface area contributed by atoms with Crippen molar-refractivity contribution in [3.63, 3.8) is 0 Å². The molecule has 3 aromatic heterocycles. The Balaban J connectivity index is 1.65. The summed E-state index contributed by atoms with van der Waals surface area (Å²) in [5, 5.41) is 9.09. The van der Waals surface area contributed by atoms with Crippen LogP contribution < -0.4 is 15.6 Å². The Kier molecular flexibility index (Phi) is 7.30. The van der Waals surface area contributed by atoms with Crippen LogP contribution in [0.25, 0.3) is 33.2 Å². The highest BCUT2D eigenvalue weighted by Crippen LogP contribution is 2.30. The third-order valence-corrected chi connectivity index (χ3v) is 7.39. The summed E-state index contributed by atoms with van der Waals surface area (Å²) in [7, 11) is -1.98. The molecule has 41 heavy (non-hydrogen) atoms. The van der Waals surface area contributed by atoms with Gasteiger partial charge in [0.1, 0.15) is 11.0 Å². The van der Waals surface area contributed by atoms with Crippen LogP contribution in [0.15, 0.2) is 53.5 Å². The monoisotopic (exact) mass is 593 g/mol. The summed E-state index contributed by atoms with van der Waals surface area (Å²) >= 11 is 6.02. The number of rotatable bonds is 7. The first-order chi connectivity index (χ1) is 19.3. The number of nitrogens with zero attached hydrogens (tertiary/aromatic N) is 5. The van der Waals surface area contributed by atoms with Crippen molar-refractivity contribution in [1.82, 2.24) is 29.0 Å². The summed E-state index contributed by atoms with van der Waals surface area (Å²) in [6.45, 7) is 6.08. The summed E-state index contributed by atoms with van der Waals surface area (Å²) in [6.07, 6.45) is 2.79. The standard InChI is InChI=1S/C28H28ClN7O4S/c1-6-36-26(17-7-8-21-18(13-17)14-35(4)33-21)32-24-19(11-15(2)12-20(24)28(36)38)16(3)30-22-9-10-23(29)31-25(22)27(37)34-41(5,39)40/h7-14,16,30H,6H2,1-5H3,(H,34,37)/t16-/m1/s1. The Hall–Kier alpha value is -4.29. The van der Waals surface area contributed by atoms with Crippen LogP contribution in [0.3, 0.4) is 0 Å². The third-order valence-electron chi connectivity index (χ3n) is 6.62. The Morgan fingerprint density at radius 1 is 1.12 bits per heavy atom. The molecule has 0 radical (unpaired) electrons. The van der Waals surface area contributed by atoms with Gasteiger partial charge in [-0.05, 0) is 62.7 Å². The quantitative estimate of drug-likeness (QED) is 0.268. The van der Waals surface area contributed by atoms with Crippen molar-refractivity contribution in [2.24, 2.45) is 7.05 Å². The fourth-order valence-corrected chi connectivity index (χ4v) is 5.47. The summed E-state index contributed by atoms with van der Waals surface area (Å²) in [6, 6.07) is 12.1. The van der Waals surface area contributed by atoms with Gasteiger partial charge in [0, 0.05) is 36.3 Å². The summed E-state index contributed by atoms with van der Waals surface area (Å²) in [4.78, 5) is 35.6. The molecule has 1 atom stereocenters. The van der Waals surface area contributed by atoms with E-state index in [9.17, 15) is 18.0 Å². The number of amides is 1. The number of nitrogens with one attached hydrogen (secondary N) is 2. The molecular formula is C28H28ClN7O4S. The van der Waals surface area contributed by atoms with Gasteiger partial charge in [0.15, 0.2) is 5.69 Å². The van der Waals surface area contributed by atoms with Gasteiger partial charge in [-0.1, -0.05) is 17.7 Å². The van der Waals surface area contributed by atoms with E-state index in [1.54, 1.807) is 15.3 Å². The first-order valence-electron chi connectivity index (χ1n) is 12.8. The number of hydrogen-bond donors (Lipinski definition) is 2. The molecule has 5 rings (SSSR count). The Bertz CT molecular complexity index is 2020. The van der Waals surface area contributed by atoms with E-state index in [4.69, 9.17) is 16.6 Å². The summed E-state index contributed by atoms with van der Waals surface area (Å²) < 4.78 is 28.7. The highest BCUT2D eigenvalue weighted by Gasteiger charge is 2.22. The lowest BCUT2D eigenvalue weighted by atomic mass is 10.0. The number of fused-ring (bicyclic) bond motifs is 2. The van der Waals surface area contributed by atoms with Crippen LogP contribution in [0, 0.1) is 6.92 Å². The highest BCUT2D eigenvalue weighted by molar-refractivity contribution is 7.89. The number of sulfonamides is 1. The van der Waals surface area contributed by atoms with Crippen molar-refractivity contribution in [2.45, 2.75) is 33.4 Å². The van der Waals surface area contributed by atoms with Crippen LogP contribution in [0.4, 0.5) is 5.69 Å². The van der Waals surface area contributed by atoms with E-state index in [0.29, 0.717) is 28.8 Å². The van der Waals surface area contributed by atoms with Gasteiger partial charge in [0.2, 0.25) is 10.0 Å². The van der Waals surface area contributed by atoms with Gasteiger partial charge < -0.3 is 5.32 Å². The van der Waals surface area contributed by atoms with E-state index >= 15 is 0 Å². The van der Waals surface area contributed by atoms with Gasteiger partial charge in [0.05, 0.1) is 34.4 Å². The molecule has 11 nitrogen and oxygen atoms in total. The van der Waals surface area contributed by atoms with Crippen molar-refractivity contribution in [3.8, 4) is 11.4 Å². The molecule has 2 aromatic carbocycles. The van der Waals surface area contributed by atoms with E-state index in [0.717, 1.165) is 28.3 Å². The lowest BCUT2D eigenvalue weighted by Crippen LogP contribution is -2.31. The Morgan fingerprint density at radius 2 is 1.88 bits per heavy atom. The predicted molar refractivity (Wildman–Crippen MR) is 160 cm³/mol. The van der Waals surface area contributed by atoms with Crippen molar-refractivity contribution in [2.75, 3.05) is 11.6 Å². The largest absolute Gasteiger partial charge is 0.377 e. The van der Waals surface area contributed by atoms with Crippen LogP contribution in [0.1, 0.15) is 41.5 Å². The molecule has 0 bridgehead atoms. The predicted octanol–water partition coefficient (Wildman–Crippen LogP) is 4.19. The number of pyridine rings is 1. The fraction of sp³-hybridized carbons (Fsp3) is 0.250. The second-order valence-corrected chi connectivity index (χ2v) is 12.0. The molecule has 1 amide bonds. The molecule has 0 spiro atoms.